The number of aromatic nitrogens is 1. The van der Waals surface area contributed by atoms with Crippen LogP contribution in [0.15, 0.2) is 48.6 Å². The van der Waals surface area contributed by atoms with Crippen LogP contribution in [0.5, 0.6) is 5.75 Å². The second-order valence-electron chi connectivity index (χ2n) is 18.2. The number of nitrogens with zero attached hydrogens (tertiary/aromatic N) is 3. The summed E-state index contributed by atoms with van der Waals surface area (Å²) in [5, 5.41) is 26.3. The number of rotatable bonds is 7. The maximum Gasteiger partial charge on any atom is 0.344 e. The summed E-state index contributed by atoms with van der Waals surface area (Å²) in [6.45, 7) is 8.62. The van der Waals surface area contributed by atoms with Crippen LogP contribution in [0.25, 0.3) is 10.9 Å². The topological polar surface area (TPSA) is 154 Å². The average Bonchev–Trinajstić information content (AvgIpc) is 3.90. The van der Waals surface area contributed by atoms with Gasteiger partial charge in [0.1, 0.15) is 11.2 Å². The summed E-state index contributed by atoms with van der Waals surface area (Å²) >= 11 is 0. The number of esters is 3. The zero-order chi connectivity index (χ0) is 41.9. The maximum atomic E-state index is 15.3. The molecule has 316 valence electrons. The van der Waals surface area contributed by atoms with E-state index in [0.29, 0.717) is 82.6 Å². The normalized spacial score (nSPS) is 37.0. The number of benzene rings is 2. The molecule has 3 N–H and O–H groups in total. The van der Waals surface area contributed by atoms with Crippen LogP contribution in [-0.2, 0) is 45.8 Å². The number of carbonyl (C=O) groups excluding carboxylic acids is 3. The van der Waals surface area contributed by atoms with Crippen LogP contribution in [0.4, 0.5) is 5.69 Å². The number of hydrogen-bond acceptors (Lipinski definition) is 12. The van der Waals surface area contributed by atoms with Crippen molar-refractivity contribution in [3.8, 4) is 5.75 Å². The summed E-state index contributed by atoms with van der Waals surface area (Å²) in [5.41, 5.74) is -1.62. The molecule has 9 rings (SSSR count). The molecule has 10 atom stereocenters. The van der Waals surface area contributed by atoms with Crippen molar-refractivity contribution >= 4 is 34.5 Å². The smallest absolute Gasteiger partial charge is 0.344 e. The molecule has 0 radical (unpaired) electrons. The van der Waals surface area contributed by atoms with E-state index in [1.54, 1.807) is 7.11 Å². The maximum absolute atomic E-state index is 15.3. The summed E-state index contributed by atoms with van der Waals surface area (Å²) in [6, 6.07) is 11.0. The summed E-state index contributed by atoms with van der Waals surface area (Å²) in [5.74, 6) is -1.56. The number of ether oxygens (including phenoxy) is 4. The molecule has 6 aliphatic rings. The minimum absolute atomic E-state index is 0.0986. The van der Waals surface area contributed by atoms with Crippen molar-refractivity contribution in [1.29, 1.82) is 0 Å². The number of anilines is 1. The molecule has 1 aliphatic carbocycles. The van der Waals surface area contributed by atoms with Crippen LogP contribution < -0.4 is 9.64 Å². The molecular formula is C46H58N4O9. The Kier molecular flexibility index (Phi) is 9.36. The predicted molar refractivity (Wildman–Crippen MR) is 220 cm³/mol. The molecule has 1 spiro atoms. The van der Waals surface area contributed by atoms with Crippen molar-refractivity contribution in [2.24, 2.45) is 11.3 Å². The standard InChI is InChI=1S/C46H58N4O9/c1-8-42(54)23-28-24-45(40(52)57-6,36-30(15-19-49(25-28)26-42)29-13-10-11-14-33(29)47-36)32-21-31-34(22-35(32)56-5)48(4)38-44(31)17-20-50-18-12-16-43(9-2,37(44)50)39(59-27(3)51)46(38,55)41(53)58-7/h10-14,16,21-22,28,37-39,47,54-55H,8-9,15,17-20,23-26H2,1-7H3/t28?,37?,38-,39-,42+,43?,44-,45+,46+/m1/s1. The van der Waals surface area contributed by atoms with E-state index in [4.69, 9.17) is 18.9 Å². The van der Waals surface area contributed by atoms with E-state index in [1.807, 2.05) is 50.1 Å². The van der Waals surface area contributed by atoms with Crippen LogP contribution in [0.2, 0.25) is 0 Å². The second-order valence-corrected chi connectivity index (χ2v) is 18.2. The van der Waals surface area contributed by atoms with Gasteiger partial charge in [-0.05, 0) is 74.2 Å². The highest BCUT2D eigenvalue weighted by Crippen LogP contribution is 2.68. The fraction of sp³-hybridized carbons (Fsp3) is 0.587. The number of hydrogen-bond donors (Lipinski definition) is 3. The Morgan fingerprint density at radius 3 is 2.41 bits per heavy atom. The highest BCUT2D eigenvalue weighted by Gasteiger charge is 2.80. The van der Waals surface area contributed by atoms with Crippen LogP contribution >= 0.6 is 0 Å². The van der Waals surface area contributed by atoms with Gasteiger partial charge in [0.15, 0.2) is 6.10 Å². The Balaban J connectivity index is 1.36. The number of piperidine rings is 1. The number of aromatic amines is 1. The number of methoxy groups -OCH3 is 3. The Morgan fingerprint density at radius 1 is 0.949 bits per heavy atom. The lowest BCUT2D eigenvalue weighted by molar-refractivity contribution is -0.228. The van der Waals surface area contributed by atoms with Crippen LogP contribution in [-0.4, -0.2) is 133 Å². The minimum atomic E-state index is -2.30. The third-order valence-corrected chi connectivity index (χ3v) is 15.6. The van der Waals surface area contributed by atoms with E-state index < -0.39 is 57.5 Å². The quantitative estimate of drug-likeness (QED) is 0.180. The van der Waals surface area contributed by atoms with Crippen molar-refractivity contribution in [3.63, 3.8) is 0 Å². The van der Waals surface area contributed by atoms with Crippen molar-refractivity contribution in [1.82, 2.24) is 14.8 Å². The minimum Gasteiger partial charge on any atom is -0.496 e. The van der Waals surface area contributed by atoms with Gasteiger partial charge in [0.05, 0.1) is 33.0 Å². The first kappa shape index (κ1) is 40.0. The van der Waals surface area contributed by atoms with Gasteiger partial charge in [0, 0.05) is 90.9 Å². The molecular weight excluding hydrogens is 753 g/mol. The molecule has 3 fully saturated rings. The number of fused-ring (bicyclic) bond motifs is 6. The molecule has 6 heterocycles. The highest BCUT2D eigenvalue weighted by atomic mass is 16.6. The Labute approximate surface area is 345 Å². The molecule has 13 heteroatoms. The number of nitrogens with one attached hydrogen (secondary N) is 1. The van der Waals surface area contributed by atoms with E-state index in [0.717, 1.165) is 33.4 Å². The van der Waals surface area contributed by atoms with E-state index in [1.165, 1.54) is 21.1 Å². The molecule has 59 heavy (non-hydrogen) atoms. The SMILES string of the molecule is CCC12C=CCN3CC[C@@]4(c5cc([C@@]6(C(=O)OC)CC7CN(CCc8c6[nH]c6ccccc86)C[C@](O)(CC)C7)c(OC)cc5N(C)[C@H]4[C@@](O)(C(=O)OC)[C@@H]1OC(C)=O)C32. The third-order valence-electron chi connectivity index (χ3n) is 15.6. The largest absolute Gasteiger partial charge is 0.496 e. The molecule has 5 aliphatic heterocycles. The zero-order valence-corrected chi connectivity index (χ0v) is 35.3. The van der Waals surface area contributed by atoms with Gasteiger partial charge < -0.3 is 39.0 Å². The third kappa shape index (κ3) is 5.20. The van der Waals surface area contributed by atoms with Gasteiger partial charge >= 0.3 is 17.9 Å². The first-order chi connectivity index (χ1) is 28.2. The lowest BCUT2D eigenvalue weighted by Crippen LogP contribution is -2.81. The molecule has 13 nitrogen and oxygen atoms in total. The first-order valence-electron chi connectivity index (χ1n) is 21.2. The van der Waals surface area contributed by atoms with E-state index in [-0.39, 0.29) is 12.0 Å². The summed E-state index contributed by atoms with van der Waals surface area (Å²) in [6.07, 6.45) is 5.94. The van der Waals surface area contributed by atoms with E-state index in [2.05, 4.69) is 39.1 Å². The lowest BCUT2D eigenvalue weighted by Gasteiger charge is -2.63. The Bertz CT molecular complexity index is 2260. The Morgan fingerprint density at radius 2 is 1.71 bits per heavy atom. The number of H-pyrrole nitrogens is 1. The molecule has 1 aromatic heterocycles. The van der Waals surface area contributed by atoms with Gasteiger partial charge in [-0.1, -0.05) is 44.2 Å². The van der Waals surface area contributed by atoms with E-state index >= 15 is 4.79 Å². The molecule has 2 aromatic carbocycles. The van der Waals surface area contributed by atoms with Gasteiger partial charge in [-0.2, -0.15) is 0 Å². The van der Waals surface area contributed by atoms with Gasteiger partial charge in [-0.25, -0.2) is 4.79 Å². The molecule has 4 unspecified atom stereocenters. The number of aliphatic hydroxyl groups is 2. The Hall–Kier alpha value is -4.43. The monoisotopic (exact) mass is 810 g/mol. The van der Waals surface area contributed by atoms with Crippen LogP contribution in [0, 0.1) is 11.3 Å². The van der Waals surface area contributed by atoms with Gasteiger partial charge in [0.25, 0.3) is 0 Å². The number of likely N-dealkylation sites (N-methyl/N-ethyl adjacent to an activating group) is 1. The lowest BCUT2D eigenvalue weighted by atomic mass is 9.47. The van der Waals surface area contributed by atoms with Crippen molar-refractivity contribution in [2.45, 2.75) is 99.5 Å². The number of carbonyl (C=O) groups is 3. The molecule has 0 amide bonds. The predicted octanol–water partition coefficient (Wildman–Crippen LogP) is 3.99. The first-order valence-corrected chi connectivity index (χ1v) is 21.2. The second kappa shape index (κ2) is 13.8. The van der Waals surface area contributed by atoms with Crippen molar-refractivity contribution in [2.75, 3.05) is 66.0 Å². The molecule has 3 aromatic rings. The summed E-state index contributed by atoms with van der Waals surface area (Å²) in [4.78, 5) is 53.2. The molecule has 2 bridgehead atoms. The average molecular weight is 811 g/mol. The van der Waals surface area contributed by atoms with Gasteiger partial charge in [-0.15, -0.1) is 0 Å². The number of para-hydroxylation sites is 1. The van der Waals surface area contributed by atoms with Gasteiger partial charge in [-0.3, -0.25) is 19.4 Å². The van der Waals surface area contributed by atoms with Gasteiger partial charge in [0.2, 0.25) is 5.60 Å². The van der Waals surface area contributed by atoms with E-state index in [9.17, 15) is 19.8 Å². The van der Waals surface area contributed by atoms with Crippen molar-refractivity contribution < 1.29 is 43.5 Å². The molecule has 1 saturated carbocycles. The van der Waals surface area contributed by atoms with Crippen LogP contribution in [0.3, 0.4) is 0 Å². The molecule has 2 saturated heterocycles. The fourth-order valence-corrected chi connectivity index (χ4v) is 13.5. The summed E-state index contributed by atoms with van der Waals surface area (Å²) in [7, 11) is 6.15. The highest BCUT2D eigenvalue weighted by molar-refractivity contribution is 5.95. The fourth-order valence-electron chi connectivity index (χ4n) is 13.5. The summed E-state index contributed by atoms with van der Waals surface area (Å²) < 4.78 is 23.9. The van der Waals surface area contributed by atoms with Crippen LogP contribution in [0.1, 0.15) is 75.3 Å². The zero-order valence-electron chi connectivity index (χ0n) is 35.3. The van der Waals surface area contributed by atoms with Crippen molar-refractivity contribution in [3.05, 3.63) is 70.9 Å².